The maximum atomic E-state index is 11.9. The van der Waals surface area contributed by atoms with Gasteiger partial charge in [0.15, 0.2) is 0 Å². The van der Waals surface area contributed by atoms with Crippen molar-refractivity contribution in [3.8, 4) is 0 Å². The van der Waals surface area contributed by atoms with Crippen molar-refractivity contribution < 1.29 is 4.92 Å². The monoisotopic (exact) mass is 378 g/mol. The summed E-state index contributed by atoms with van der Waals surface area (Å²) >= 11 is 0. The molecule has 0 radical (unpaired) electrons. The Labute approximate surface area is 163 Å². The van der Waals surface area contributed by atoms with Crippen molar-refractivity contribution in [1.82, 2.24) is 15.0 Å². The van der Waals surface area contributed by atoms with Gasteiger partial charge in [-0.15, -0.1) is 0 Å². The summed E-state index contributed by atoms with van der Waals surface area (Å²) in [6.07, 6.45) is 4.87. The fourth-order valence-electron chi connectivity index (χ4n) is 2.79. The average Bonchev–Trinajstić information content (AvgIpc) is 2.73. The van der Waals surface area contributed by atoms with Gasteiger partial charge in [-0.05, 0) is 24.1 Å². The fourth-order valence-corrected chi connectivity index (χ4v) is 2.79. The first kappa shape index (κ1) is 19.2. The van der Waals surface area contributed by atoms with E-state index in [-0.39, 0.29) is 17.3 Å². The van der Waals surface area contributed by atoms with Crippen molar-refractivity contribution in [2.45, 2.75) is 26.3 Å². The number of anilines is 3. The Kier molecular flexibility index (Phi) is 6.46. The van der Waals surface area contributed by atoms with Crippen LogP contribution in [0.4, 0.5) is 23.1 Å². The van der Waals surface area contributed by atoms with Crippen molar-refractivity contribution in [3.05, 3.63) is 76.7 Å². The minimum absolute atomic E-state index is 0.153. The van der Waals surface area contributed by atoms with Gasteiger partial charge in [-0.1, -0.05) is 49.7 Å². The molecule has 28 heavy (non-hydrogen) atoms. The second kappa shape index (κ2) is 9.40. The fraction of sp³-hybridized carbons (Fsp3) is 0.250. The molecular weight excluding hydrogens is 356 g/mol. The number of nitro groups is 1. The number of pyridine rings is 1. The van der Waals surface area contributed by atoms with Crippen LogP contribution in [-0.4, -0.2) is 26.4 Å². The molecule has 0 fully saturated rings. The van der Waals surface area contributed by atoms with Crippen LogP contribution in [0.1, 0.15) is 25.3 Å². The molecule has 0 aliphatic rings. The largest absolute Gasteiger partial charge is 0.364 e. The van der Waals surface area contributed by atoms with E-state index in [1.807, 2.05) is 36.4 Å². The van der Waals surface area contributed by atoms with Crippen molar-refractivity contribution in [1.29, 1.82) is 0 Å². The van der Waals surface area contributed by atoms with Crippen LogP contribution in [0.3, 0.4) is 0 Å². The molecule has 3 aromatic rings. The van der Waals surface area contributed by atoms with Crippen molar-refractivity contribution in [3.63, 3.8) is 0 Å². The van der Waals surface area contributed by atoms with Gasteiger partial charge in [-0.25, -0.2) is 15.0 Å². The van der Waals surface area contributed by atoms with Crippen LogP contribution in [-0.2, 0) is 6.54 Å². The zero-order chi connectivity index (χ0) is 19.8. The van der Waals surface area contributed by atoms with Gasteiger partial charge in [0, 0.05) is 12.7 Å². The van der Waals surface area contributed by atoms with Crippen LogP contribution in [0.15, 0.2) is 61.1 Å². The standard InChI is InChI=1S/C20H22N6O2/c1-2-3-12-22-19-18(26(27)28)20(24-15-23-19)25(17-11-7-8-13-21-17)14-16-9-5-4-6-10-16/h4-11,13,15H,2-3,12,14H2,1H3,(H,22,23,24). The first-order valence-electron chi connectivity index (χ1n) is 9.16. The number of hydrogen-bond acceptors (Lipinski definition) is 7. The van der Waals surface area contributed by atoms with Gasteiger partial charge in [0.05, 0.1) is 11.5 Å². The normalized spacial score (nSPS) is 10.5. The molecule has 0 bridgehead atoms. The average molecular weight is 378 g/mol. The first-order chi connectivity index (χ1) is 13.7. The zero-order valence-electron chi connectivity index (χ0n) is 15.7. The van der Waals surface area contributed by atoms with E-state index in [0.29, 0.717) is 18.9 Å². The lowest BCUT2D eigenvalue weighted by Crippen LogP contribution is -2.21. The highest BCUT2D eigenvalue weighted by atomic mass is 16.6. The van der Waals surface area contributed by atoms with Gasteiger partial charge in [-0.3, -0.25) is 10.1 Å². The van der Waals surface area contributed by atoms with Gasteiger partial charge in [0.2, 0.25) is 11.6 Å². The lowest BCUT2D eigenvalue weighted by molar-refractivity contribution is -0.383. The number of benzene rings is 1. The van der Waals surface area contributed by atoms with Crippen LogP contribution < -0.4 is 10.2 Å². The van der Waals surface area contributed by atoms with Gasteiger partial charge in [-0.2, -0.15) is 0 Å². The molecule has 0 amide bonds. The molecule has 3 rings (SSSR count). The summed E-state index contributed by atoms with van der Waals surface area (Å²) in [5.41, 5.74) is 0.835. The predicted octanol–water partition coefficient (Wildman–Crippen LogP) is 4.33. The number of unbranched alkanes of at least 4 members (excludes halogenated alkanes) is 1. The highest BCUT2D eigenvalue weighted by molar-refractivity contribution is 5.74. The number of nitrogens with zero attached hydrogens (tertiary/aromatic N) is 5. The minimum Gasteiger partial charge on any atom is -0.364 e. The SMILES string of the molecule is CCCCNc1ncnc(N(Cc2ccccc2)c2ccccn2)c1[N+](=O)[O-]. The van der Waals surface area contributed by atoms with Gasteiger partial charge >= 0.3 is 5.69 Å². The van der Waals surface area contributed by atoms with Crippen LogP contribution in [0.5, 0.6) is 0 Å². The lowest BCUT2D eigenvalue weighted by atomic mass is 10.2. The molecule has 0 saturated carbocycles. The van der Waals surface area contributed by atoms with E-state index in [9.17, 15) is 10.1 Å². The Morgan fingerprint density at radius 3 is 2.54 bits per heavy atom. The van der Waals surface area contributed by atoms with Crippen molar-refractivity contribution >= 4 is 23.1 Å². The zero-order valence-corrected chi connectivity index (χ0v) is 15.7. The second-order valence-electron chi connectivity index (χ2n) is 6.19. The number of aromatic nitrogens is 3. The second-order valence-corrected chi connectivity index (χ2v) is 6.19. The van der Waals surface area contributed by atoms with Crippen LogP contribution in [0, 0.1) is 10.1 Å². The van der Waals surface area contributed by atoms with E-state index in [2.05, 4.69) is 27.2 Å². The molecule has 8 nitrogen and oxygen atoms in total. The third-order valence-electron chi connectivity index (χ3n) is 4.17. The van der Waals surface area contributed by atoms with Crippen LogP contribution in [0.2, 0.25) is 0 Å². The molecule has 0 unspecified atom stereocenters. The maximum absolute atomic E-state index is 11.9. The molecule has 1 N–H and O–H groups in total. The third-order valence-corrected chi connectivity index (χ3v) is 4.17. The molecule has 2 heterocycles. The molecule has 0 saturated heterocycles. The summed E-state index contributed by atoms with van der Waals surface area (Å²) in [6.45, 7) is 3.06. The molecule has 0 aliphatic heterocycles. The van der Waals surface area contributed by atoms with E-state index in [4.69, 9.17) is 0 Å². The smallest absolute Gasteiger partial charge is 0.353 e. The third kappa shape index (κ3) is 4.59. The highest BCUT2D eigenvalue weighted by Gasteiger charge is 2.28. The Balaban J connectivity index is 2.06. The summed E-state index contributed by atoms with van der Waals surface area (Å²) in [6, 6.07) is 15.2. The summed E-state index contributed by atoms with van der Waals surface area (Å²) in [5, 5.41) is 15.0. The molecule has 1 aromatic carbocycles. The van der Waals surface area contributed by atoms with E-state index < -0.39 is 4.92 Å². The molecule has 8 heteroatoms. The Bertz CT molecular complexity index is 905. The van der Waals surface area contributed by atoms with Gasteiger partial charge in [0.25, 0.3) is 0 Å². The minimum atomic E-state index is -0.440. The summed E-state index contributed by atoms with van der Waals surface area (Å²) < 4.78 is 0. The lowest BCUT2D eigenvalue weighted by Gasteiger charge is -2.23. The first-order valence-corrected chi connectivity index (χ1v) is 9.16. The van der Waals surface area contributed by atoms with Gasteiger partial charge in [0.1, 0.15) is 12.1 Å². The molecule has 0 atom stereocenters. The van der Waals surface area contributed by atoms with Crippen LogP contribution >= 0.6 is 0 Å². The predicted molar refractivity (Wildman–Crippen MR) is 109 cm³/mol. The van der Waals surface area contributed by atoms with E-state index >= 15 is 0 Å². The van der Waals surface area contributed by atoms with Crippen molar-refractivity contribution in [2.24, 2.45) is 0 Å². The highest BCUT2D eigenvalue weighted by Crippen LogP contribution is 2.36. The molecule has 0 aliphatic carbocycles. The van der Waals surface area contributed by atoms with E-state index in [1.54, 1.807) is 23.2 Å². The Hall–Kier alpha value is -3.55. The van der Waals surface area contributed by atoms with Gasteiger partial charge < -0.3 is 10.2 Å². The topological polar surface area (TPSA) is 97.1 Å². The molecule has 0 spiro atoms. The van der Waals surface area contributed by atoms with Crippen LogP contribution in [0.25, 0.3) is 0 Å². The Morgan fingerprint density at radius 2 is 1.86 bits per heavy atom. The van der Waals surface area contributed by atoms with Crippen molar-refractivity contribution in [2.75, 3.05) is 16.8 Å². The molecular formula is C20H22N6O2. The number of rotatable bonds is 9. The summed E-state index contributed by atoms with van der Waals surface area (Å²) in [5.74, 6) is 1.01. The Morgan fingerprint density at radius 1 is 1.07 bits per heavy atom. The summed E-state index contributed by atoms with van der Waals surface area (Å²) in [4.78, 5) is 25.9. The summed E-state index contributed by atoms with van der Waals surface area (Å²) in [7, 11) is 0. The quantitative estimate of drug-likeness (QED) is 0.336. The molecule has 144 valence electrons. The molecule has 2 aromatic heterocycles. The number of hydrogen-bond donors (Lipinski definition) is 1. The number of nitrogens with one attached hydrogen (secondary N) is 1. The maximum Gasteiger partial charge on any atom is 0.353 e. The van der Waals surface area contributed by atoms with E-state index in [1.165, 1.54) is 6.33 Å². The van der Waals surface area contributed by atoms with E-state index in [0.717, 1.165) is 18.4 Å².